The van der Waals surface area contributed by atoms with E-state index in [-0.39, 0.29) is 12.8 Å². The summed E-state index contributed by atoms with van der Waals surface area (Å²) < 4.78 is 0. The van der Waals surface area contributed by atoms with Crippen molar-refractivity contribution in [2.24, 2.45) is 0 Å². The largest absolute Gasteiger partial charge is 0.390 e. The Morgan fingerprint density at radius 1 is 1.29 bits per heavy atom. The third-order valence-electron chi connectivity index (χ3n) is 3.12. The molecule has 1 amide bonds. The second-order valence-electron chi connectivity index (χ2n) is 4.67. The zero-order valence-electron chi connectivity index (χ0n) is 9.96. The van der Waals surface area contributed by atoms with Crippen molar-refractivity contribution in [2.75, 3.05) is 6.54 Å². The molecular weight excluding hydrogens is 226 g/mol. The van der Waals surface area contributed by atoms with E-state index in [4.69, 9.17) is 0 Å². The van der Waals surface area contributed by atoms with Gasteiger partial charge in [0.15, 0.2) is 0 Å². The Morgan fingerprint density at radius 3 is 2.29 bits per heavy atom. The van der Waals surface area contributed by atoms with Gasteiger partial charge in [-0.3, -0.25) is 4.79 Å². The van der Waals surface area contributed by atoms with Crippen molar-refractivity contribution in [3.05, 3.63) is 0 Å². The number of unbranched alkanes of at least 4 members (excludes halogenated alkanes) is 1. The van der Waals surface area contributed by atoms with Crippen molar-refractivity contribution in [2.45, 2.75) is 56.5 Å². The Labute approximate surface area is 100 Å². The Morgan fingerprint density at radius 2 is 1.82 bits per heavy atom. The Kier molecular flexibility index (Phi) is 4.88. The fraction of sp³-hybridized carbons (Fsp3) is 0.909. The molecule has 0 spiro atoms. The van der Waals surface area contributed by atoms with Gasteiger partial charge in [-0.25, -0.2) is 0 Å². The molecule has 100 valence electrons. The molecule has 1 saturated carbocycles. The molecule has 6 nitrogen and oxygen atoms in total. The molecule has 1 aliphatic carbocycles. The molecule has 1 fully saturated rings. The number of amides is 1. The number of aliphatic hydroxyl groups is 4. The summed E-state index contributed by atoms with van der Waals surface area (Å²) in [5.74, 6) is -0.601. The molecule has 1 aliphatic rings. The summed E-state index contributed by atoms with van der Waals surface area (Å²) in [5, 5.41) is 40.9. The SMILES string of the molecule is CCCCNC(=O)C1(O)C[C@@H](O)C(O)[C@H](O)C1. The van der Waals surface area contributed by atoms with Crippen LogP contribution in [0.15, 0.2) is 0 Å². The molecule has 6 heteroatoms. The van der Waals surface area contributed by atoms with Crippen LogP contribution in [0.4, 0.5) is 0 Å². The van der Waals surface area contributed by atoms with Crippen LogP contribution in [0, 0.1) is 0 Å². The summed E-state index contributed by atoms with van der Waals surface area (Å²) in [6.45, 7) is 2.43. The topological polar surface area (TPSA) is 110 Å². The smallest absolute Gasteiger partial charge is 0.252 e. The van der Waals surface area contributed by atoms with Crippen LogP contribution in [-0.4, -0.2) is 56.8 Å². The van der Waals surface area contributed by atoms with Gasteiger partial charge in [-0.1, -0.05) is 13.3 Å². The van der Waals surface area contributed by atoms with Gasteiger partial charge >= 0.3 is 0 Å². The van der Waals surface area contributed by atoms with Crippen LogP contribution in [-0.2, 0) is 4.79 Å². The van der Waals surface area contributed by atoms with Crippen LogP contribution in [0.25, 0.3) is 0 Å². The molecule has 0 aromatic heterocycles. The summed E-state index contributed by atoms with van der Waals surface area (Å²) in [4.78, 5) is 11.7. The lowest BCUT2D eigenvalue weighted by Crippen LogP contribution is -2.59. The lowest BCUT2D eigenvalue weighted by Gasteiger charge is -2.39. The average molecular weight is 247 g/mol. The van der Waals surface area contributed by atoms with Crippen molar-refractivity contribution in [1.29, 1.82) is 0 Å². The van der Waals surface area contributed by atoms with E-state index in [0.29, 0.717) is 6.54 Å². The fourth-order valence-electron chi connectivity index (χ4n) is 2.00. The maximum Gasteiger partial charge on any atom is 0.252 e. The number of hydrogen-bond donors (Lipinski definition) is 5. The zero-order chi connectivity index (χ0) is 13.1. The van der Waals surface area contributed by atoms with Gasteiger partial charge in [-0.2, -0.15) is 0 Å². The van der Waals surface area contributed by atoms with Gasteiger partial charge in [-0.15, -0.1) is 0 Å². The van der Waals surface area contributed by atoms with Gasteiger partial charge in [0.05, 0.1) is 12.2 Å². The van der Waals surface area contributed by atoms with Gasteiger partial charge in [-0.05, 0) is 6.42 Å². The number of carbonyl (C=O) groups excluding carboxylic acids is 1. The summed E-state index contributed by atoms with van der Waals surface area (Å²) in [6.07, 6.45) is -2.69. The first-order valence-electron chi connectivity index (χ1n) is 5.95. The lowest BCUT2D eigenvalue weighted by atomic mass is 9.79. The molecule has 2 atom stereocenters. The highest BCUT2D eigenvalue weighted by atomic mass is 16.4. The van der Waals surface area contributed by atoms with Crippen LogP contribution >= 0.6 is 0 Å². The summed E-state index contributed by atoms with van der Waals surface area (Å²) in [5.41, 5.74) is -1.80. The number of rotatable bonds is 4. The first-order chi connectivity index (χ1) is 7.90. The van der Waals surface area contributed by atoms with Crippen LogP contribution < -0.4 is 5.32 Å². The Bertz CT molecular complexity index is 259. The van der Waals surface area contributed by atoms with E-state index in [2.05, 4.69) is 5.32 Å². The summed E-state index contributed by atoms with van der Waals surface area (Å²) in [7, 11) is 0. The number of aliphatic hydroxyl groups excluding tert-OH is 3. The number of hydrogen-bond acceptors (Lipinski definition) is 5. The quantitative estimate of drug-likeness (QED) is 0.389. The van der Waals surface area contributed by atoms with E-state index in [1.165, 1.54) is 0 Å². The van der Waals surface area contributed by atoms with E-state index in [1.807, 2.05) is 6.92 Å². The van der Waals surface area contributed by atoms with Crippen molar-refractivity contribution >= 4 is 5.91 Å². The van der Waals surface area contributed by atoms with Gasteiger partial charge in [0.2, 0.25) is 0 Å². The third-order valence-corrected chi connectivity index (χ3v) is 3.12. The zero-order valence-corrected chi connectivity index (χ0v) is 9.96. The molecule has 0 aromatic rings. The predicted octanol–water partition coefficient (Wildman–Crippen LogP) is -1.49. The average Bonchev–Trinajstić information content (AvgIpc) is 2.26. The standard InChI is InChI=1S/C11H21NO5/c1-2-3-4-12-10(16)11(17)5-7(13)9(15)8(14)6-11/h7-9,13-15,17H,2-6H2,1H3,(H,12,16)/t7-,8-,9?,11?/m1/s1. The van der Waals surface area contributed by atoms with Crippen molar-refractivity contribution < 1.29 is 25.2 Å². The van der Waals surface area contributed by atoms with E-state index in [1.54, 1.807) is 0 Å². The van der Waals surface area contributed by atoms with Crippen LogP contribution in [0.2, 0.25) is 0 Å². The number of carbonyl (C=O) groups is 1. The maximum absolute atomic E-state index is 11.7. The minimum Gasteiger partial charge on any atom is -0.390 e. The van der Waals surface area contributed by atoms with E-state index in [9.17, 15) is 25.2 Å². The first kappa shape index (κ1) is 14.4. The summed E-state index contributed by atoms with van der Waals surface area (Å²) >= 11 is 0. The predicted molar refractivity (Wildman–Crippen MR) is 60.1 cm³/mol. The van der Waals surface area contributed by atoms with Crippen LogP contribution in [0.1, 0.15) is 32.6 Å². The molecule has 0 aromatic carbocycles. The first-order valence-corrected chi connectivity index (χ1v) is 5.95. The molecule has 0 unspecified atom stereocenters. The highest BCUT2D eigenvalue weighted by molar-refractivity contribution is 5.85. The Hall–Kier alpha value is -0.690. The van der Waals surface area contributed by atoms with Crippen molar-refractivity contribution in [3.8, 4) is 0 Å². The lowest BCUT2D eigenvalue weighted by molar-refractivity contribution is -0.172. The molecule has 17 heavy (non-hydrogen) atoms. The monoisotopic (exact) mass is 247 g/mol. The minimum absolute atomic E-state index is 0.261. The van der Waals surface area contributed by atoms with Crippen LogP contribution in [0.3, 0.4) is 0 Å². The summed E-state index contributed by atoms with van der Waals surface area (Å²) in [6, 6.07) is 0. The Balaban J connectivity index is 2.58. The number of nitrogens with one attached hydrogen (secondary N) is 1. The molecule has 1 rings (SSSR count). The second kappa shape index (κ2) is 5.77. The molecular formula is C11H21NO5. The maximum atomic E-state index is 11.7. The van der Waals surface area contributed by atoms with Gasteiger partial charge < -0.3 is 25.7 Å². The van der Waals surface area contributed by atoms with Crippen molar-refractivity contribution in [3.63, 3.8) is 0 Å². The molecule has 0 bridgehead atoms. The molecule has 0 heterocycles. The third kappa shape index (κ3) is 3.38. The second-order valence-corrected chi connectivity index (χ2v) is 4.67. The molecule has 0 aliphatic heterocycles. The highest BCUT2D eigenvalue weighted by Gasteiger charge is 2.47. The fourth-order valence-corrected chi connectivity index (χ4v) is 2.00. The molecule has 0 saturated heterocycles. The van der Waals surface area contributed by atoms with Crippen molar-refractivity contribution in [1.82, 2.24) is 5.32 Å². The highest BCUT2D eigenvalue weighted by Crippen LogP contribution is 2.29. The van der Waals surface area contributed by atoms with Gasteiger partial charge in [0.1, 0.15) is 11.7 Å². The normalized spacial score (nSPS) is 37.8. The molecule has 0 radical (unpaired) electrons. The van der Waals surface area contributed by atoms with E-state index >= 15 is 0 Å². The van der Waals surface area contributed by atoms with Crippen LogP contribution in [0.5, 0.6) is 0 Å². The van der Waals surface area contributed by atoms with Gasteiger partial charge in [0.25, 0.3) is 5.91 Å². The van der Waals surface area contributed by atoms with E-state index < -0.39 is 29.8 Å². The molecule has 5 N–H and O–H groups in total. The van der Waals surface area contributed by atoms with E-state index in [0.717, 1.165) is 12.8 Å². The minimum atomic E-state index is -1.80. The van der Waals surface area contributed by atoms with Gasteiger partial charge in [0, 0.05) is 19.4 Å².